The molecule has 0 aliphatic heterocycles. The number of benzene rings is 1. The summed E-state index contributed by atoms with van der Waals surface area (Å²) in [7, 11) is 1.35. The fourth-order valence-corrected chi connectivity index (χ4v) is 1.47. The summed E-state index contributed by atoms with van der Waals surface area (Å²) in [6.45, 7) is 1.83. The molecule has 1 aromatic carbocycles. The van der Waals surface area contributed by atoms with Crippen LogP contribution >= 0.6 is 0 Å². The van der Waals surface area contributed by atoms with Gasteiger partial charge in [-0.3, -0.25) is 0 Å². The van der Waals surface area contributed by atoms with E-state index in [1.54, 1.807) is 4.68 Å². The van der Waals surface area contributed by atoms with Gasteiger partial charge in [0.05, 0.1) is 12.8 Å². The van der Waals surface area contributed by atoms with Gasteiger partial charge in [-0.05, 0) is 19.1 Å². The molecule has 2 rings (SSSR count). The number of ether oxygens (including phenoxy) is 1. The van der Waals surface area contributed by atoms with Crippen molar-refractivity contribution in [2.45, 2.75) is 6.92 Å². The van der Waals surface area contributed by atoms with Crippen LogP contribution in [0.2, 0.25) is 0 Å². The predicted octanol–water partition coefficient (Wildman–Crippen LogP) is 1.97. The lowest BCUT2D eigenvalue weighted by Gasteiger charge is -1.99. The van der Waals surface area contributed by atoms with E-state index in [9.17, 15) is 4.79 Å². The highest BCUT2D eigenvalue weighted by Gasteiger charge is 2.14. The maximum absolute atomic E-state index is 11.4. The second-order valence-corrected chi connectivity index (χ2v) is 3.43. The van der Waals surface area contributed by atoms with Gasteiger partial charge in [-0.1, -0.05) is 18.2 Å². The molecule has 1 aromatic heterocycles. The third-order valence-electron chi connectivity index (χ3n) is 2.30. The van der Waals surface area contributed by atoms with Crippen LogP contribution in [0.3, 0.4) is 0 Å². The molecule has 16 heavy (non-hydrogen) atoms. The van der Waals surface area contributed by atoms with Gasteiger partial charge in [0.1, 0.15) is 0 Å². The normalized spacial score (nSPS) is 10.1. The van der Waals surface area contributed by atoms with Crippen LogP contribution in [0.4, 0.5) is 0 Å². The van der Waals surface area contributed by atoms with Crippen molar-refractivity contribution < 1.29 is 9.53 Å². The quantitative estimate of drug-likeness (QED) is 0.721. The van der Waals surface area contributed by atoms with Crippen LogP contribution in [0.15, 0.2) is 36.5 Å². The van der Waals surface area contributed by atoms with Gasteiger partial charge in [0, 0.05) is 11.8 Å². The average molecular weight is 216 g/mol. The van der Waals surface area contributed by atoms with Gasteiger partial charge in [-0.2, -0.15) is 5.10 Å². The topological polar surface area (TPSA) is 44.1 Å². The minimum atomic E-state index is -0.410. The van der Waals surface area contributed by atoms with Crippen molar-refractivity contribution in [3.63, 3.8) is 0 Å². The van der Waals surface area contributed by atoms with Gasteiger partial charge >= 0.3 is 5.97 Å². The molecule has 4 heteroatoms. The SMILES string of the molecule is COC(=O)c1nn(-c2ccccc2)cc1C. The molecule has 0 saturated carbocycles. The van der Waals surface area contributed by atoms with Crippen molar-refractivity contribution in [2.24, 2.45) is 0 Å². The molecule has 1 heterocycles. The Morgan fingerprint density at radius 2 is 2.00 bits per heavy atom. The molecule has 0 aliphatic rings. The lowest BCUT2D eigenvalue weighted by molar-refractivity contribution is 0.0592. The number of carbonyl (C=O) groups excluding carboxylic acids is 1. The summed E-state index contributed by atoms with van der Waals surface area (Å²) in [4.78, 5) is 11.4. The summed E-state index contributed by atoms with van der Waals surface area (Å²) in [5.74, 6) is -0.410. The second-order valence-electron chi connectivity index (χ2n) is 3.43. The zero-order valence-electron chi connectivity index (χ0n) is 9.18. The molecule has 82 valence electrons. The molecule has 0 bridgehead atoms. The maximum atomic E-state index is 11.4. The number of esters is 1. The van der Waals surface area contributed by atoms with Crippen molar-refractivity contribution in [3.8, 4) is 5.69 Å². The zero-order chi connectivity index (χ0) is 11.5. The third kappa shape index (κ3) is 1.82. The van der Waals surface area contributed by atoms with E-state index in [2.05, 4.69) is 9.84 Å². The van der Waals surface area contributed by atoms with E-state index in [1.165, 1.54) is 7.11 Å². The summed E-state index contributed by atoms with van der Waals surface area (Å²) in [5, 5.41) is 4.19. The van der Waals surface area contributed by atoms with Crippen LogP contribution < -0.4 is 0 Å². The van der Waals surface area contributed by atoms with Gasteiger partial charge in [0.15, 0.2) is 5.69 Å². The van der Waals surface area contributed by atoms with Gasteiger partial charge in [-0.25, -0.2) is 9.48 Å². The largest absolute Gasteiger partial charge is 0.464 e. The molecule has 0 atom stereocenters. The Morgan fingerprint density at radius 3 is 2.62 bits per heavy atom. The summed E-state index contributed by atoms with van der Waals surface area (Å²) >= 11 is 0. The van der Waals surface area contributed by atoms with Gasteiger partial charge in [0.25, 0.3) is 0 Å². The number of carbonyl (C=O) groups is 1. The van der Waals surface area contributed by atoms with E-state index in [-0.39, 0.29) is 0 Å². The minimum Gasteiger partial charge on any atom is -0.464 e. The lowest BCUT2D eigenvalue weighted by atomic mass is 10.3. The second kappa shape index (κ2) is 4.18. The molecular formula is C12H12N2O2. The van der Waals surface area contributed by atoms with Crippen LogP contribution in [0.5, 0.6) is 0 Å². The molecule has 0 N–H and O–H groups in total. The first-order chi connectivity index (χ1) is 7.72. The highest BCUT2D eigenvalue weighted by Crippen LogP contribution is 2.11. The number of hydrogen-bond donors (Lipinski definition) is 0. The molecular weight excluding hydrogens is 204 g/mol. The Labute approximate surface area is 93.5 Å². The first kappa shape index (κ1) is 10.4. The molecule has 0 radical (unpaired) electrons. The van der Waals surface area contributed by atoms with Crippen LogP contribution in [0, 0.1) is 6.92 Å². The Hall–Kier alpha value is -2.10. The van der Waals surface area contributed by atoms with E-state index in [4.69, 9.17) is 0 Å². The maximum Gasteiger partial charge on any atom is 0.358 e. The Balaban J connectivity index is 2.42. The van der Waals surface area contributed by atoms with Crippen molar-refractivity contribution in [1.29, 1.82) is 0 Å². The number of para-hydroxylation sites is 1. The molecule has 0 unspecified atom stereocenters. The highest BCUT2D eigenvalue weighted by atomic mass is 16.5. The van der Waals surface area contributed by atoms with Crippen LogP contribution in [0.1, 0.15) is 16.1 Å². The molecule has 4 nitrogen and oxygen atoms in total. The van der Waals surface area contributed by atoms with Crippen LogP contribution in [0.25, 0.3) is 5.69 Å². The number of rotatable bonds is 2. The van der Waals surface area contributed by atoms with Crippen LogP contribution in [-0.4, -0.2) is 22.9 Å². The van der Waals surface area contributed by atoms with E-state index in [0.29, 0.717) is 5.69 Å². The van der Waals surface area contributed by atoms with Crippen molar-refractivity contribution >= 4 is 5.97 Å². The molecule has 0 amide bonds. The number of hydrogen-bond acceptors (Lipinski definition) is 3. The van der Waals surface area contributed by atoms with Crippen molar-refractivity contribution in [2.75, 3.05) is 7.11 Å². The fraction of sp³-hybridized carbons (Fsp3) is 0.167. The monoisotopic (exact) mass is 216 g/mol. The standard InChI is InChI=1S/C12H12N2O2/c1-9-8-14(10-6-4-3-5-7-10)13-11(9)12(15)16-2/h3-8H,1-2H3. The average Bonchev–Trinajstić information content (AvgIpc) is 2.71. The predicted molar refractivity (Wildman–Crippen MR) is 59.6 cm³/mol. The van der Waals surface area contributed by atoms with E-state index >= 15 is 0 Å². The zero-order valence-corrected chi connectivity index (χ0v) is 9.18. The van der Waals surface area contributed by atoms with E-state index in [1.807, 2.05) is 43.5 Å². The molecule has 0 fully saturated rings. The summed E-state index contributed by atoms with van der Waals surface area (Å²) < 4.78 is 6.32. The molecule has 0 saturated heterocycles. The van der Waals surface area contributed by atoms with Crippen LogP contribution in [-0.2, 0) is 4.74 Å². The minimum absolute atomic E-state index is 0.353. The smallest absolute Gasteiger partial charge is 0.358 e. The lowest BCUT2D eigenvalue weighted by Crippen LogP contribution is -2.05. The van der Waals surface area contributed by atoms with Gasteiger partial charge in [-0.15, -0.1) is 0 Å². The van der Waals surface area contributed by atoms with Gasteiger partial charge < -0.3 is 4.74 Å². The summed E-state index contributed by atoms with van der Waals surface area (Å²) in [5.41, 5.74) is 2.07. The number of aromatic nitrogens is 2. The first-order valence-electron chi connectivity index (χ1n) is 4.92. The van der Waals surface area contributed by atoms with E-state index in [0.717, 1.165) is 11.3 Å². The summed E-state index contributed by atoms with van der Waals surface area (Å²) in [6, 6.07) is 9.62. The Bertz CT molecular complexity index is 503. The van der Waals surface area contributed by atoms with E-state index < -0.39 is 5.97 Å². The Morgan fingerprint density at radius 1 is 1.31 bits per heavy atom. The highest BCUT2D eigenvalue weighted by molar-refractivity contribution is 5.88. The Kier molecular flexibility index (Phi) is 2.72. The summed E-state index contributed by atoms with van der Waals surface area (Å²) in [6.07, 6.45) is 1.81. The first-order valence-corrected chi connectivity index (χ1v) is 4.92. The molecule has 0 spiro atoms. The third-order valence-corrected chi connectivity index (χ3v) is 2.30. The fourth-order valence-electron chi connectivity index (χ4n) is 1.47. The number of nitrogens with zero attached hydrogens (tertiary/aromatic N) is 2. The van der Waals surface area contributed by atoms with Gasteiger partial charge in [0.2, 0.25) is 0 Å². The molecule has 2 aromatic rings. The molecule has 0 aliphatic carbocycles. The van der Waals surface area contributed by atoms with Crippen molar-refractivity contribution in [1.82, 2.24) is 9.78 Å². The van der Waals surface area contributed by atoms with Crippen molar-refractivity contribution in [3.05, 3.63) is 47.8 Å². The number of aryl methyl sites for hydroxylation is 1. The number of methoxy groups -OCH3 is 1.